The molecule has 1 heterocycles. The number of nitrogens with zero attached hydrogens (tertiary/aromatic N) is 1. The van der Waals surface area contributed by atoms with E-state index in [0.717, 1.165) is 10.7 Å². The largest absolute Gasteiger partial charge is 0.394 e. The molecule has 4 nitrogen and oxygen atoms in total. The summed E-state index contributed by atoms with van der Waals surface area (Å²) in [5.74, 6) is 0. The maximum Gasteiger partial charge on any atom is 0.185 e. The highest BCUT2D eigenvalue weighted by molar-refractivity contribution is 7.19. The van der Waals surface area contributed by atoms with Crippen LogP contribution in [0.5, 0.6) is 0 Å². The van der Waals surface area contributed by atoms with Crippen LogP contribution >= 0.6 is 11.3 Å². The third kappa shape index (κ3) is 2.50. The number of aliphatic hydroxyl groups excluding tert-OH is 1. The van der Waals surface area contributed by atoms with Crippen LogP contribution in [0.3, 0.4) is 0 Å². The molecule has 2 rings (SSSR count). The van der Waals surface area contributed by atoms with E-state index in [9.17, 15) is 5.11 Å². The number of nitrogens with one attached hydrogen (secondary N) is 1. The van der Waals surface area contributed by atoms with E-state index in [-0.39, 0.29) is 12.6 Å². The lowest BCUT2D eigenvalue weighted by atomic mass is 10.1. The highest BCUT2D eigenvalue weighted by atomic mass is 32.1. The molecule has 0 bridgehead atoms. The van der Waals surface area contributed by atoms with Gasteiger partial charge in [-0.3, -0.25) is 0 Å². The van der Waals surface area contributed by atoms with Crippen molar-refractivity contribution in [3.05, 3.63) is 42.1 Å². The summed E-state index contributed by atoms with van der Waals surface area (Å²) < 4.78 is 0. The fourth-order valence-electron chi connectivity index (χ4n) is 1.42. The minimum Gasteiger partial charge on any atom is -0.394 e. The molecule has 0 spiro atoms. The Kier molecular flexibility index (Phi) is 3.38. The molecule has 0 aliphatic rings. The number of aromatic nitrogens is 1. The van der Waals surface area contributed by atoms with Crippen LogP contribution in [0, 0.1) is 0 Å². The van der Waals surface area contributed by atoms with Crippen molar-refractivity contribution in [2.75, 3.05) is 17.7 Å². The van der Waals surface area contributed by atoms with Gasteiger partial charge in [-0.2, -0.15) is 0 Å². The maximum atomic E-state index is 9.33. The average Bonchev–Trinajstić information content (AvgIpc) is 2.73. The first-order chi connectivity index (χ1) is 7.79. The molecule has 84 valence electrons. The fraction of sp³-hybridized carbons (Fsp3) is 0.182. The fourth-order valence-corrected chi connectivity index (χ4v) is 2.06. The van der Waals surface area contributed by atoms with Crippen molar-refractivity contribution in [1.29, 1.82) is 0 Å². The van der Waals surface area contributed by atoms with Gasteiger partial charge < -0.3 is 16.2 Å². The summed E-state index contributed by atoms with van der Waals surface area (Å²) in [5.41, 5.74) is 6.61. The summed E-state index contributed by atoms with van der Waals surface area (Å²) in [6, 6.07) is 9.60. The molecule has 1 atom stereocenters. The molecular formula is C11H13N3OS. The van der Waals surface area contributed by atoms with Crippen LogP contribution in [0.2, 0.25) is 0 Å². The number of anilines is 2. The smallest absolute Gasteiger partial charge is 0.185 e. The summed E-state index contributed by atoms with van der Waals surface area (Å²) in [6.45, 7) is 0.0174. The molecule has 0 amide bonds. The third-order valence-corrected chi connectivity index (χ3v) is 2.96. The Morgan fingerprint density at radius 1 is 1.38 bits per heavy atom. The lowest BCUT2D eigenvalue weighted by Crippen LogP contribution is -2.14. The summed E-state index contributed by atoms with van der Waals surface area (Å²) in [5, 5.41) is 13.9. The van der Waals surface area contributed by atoms with Crippen LogP contribution in [-0.2, 0) is 0 Å². The number of hydrogen-bond donors (Lipinski definition) is 3. The predicted octanol–water partition coefficient (Wildman–Crippen LogP) is 1.87. The predicted molar refractivity (Wildman–Crippen MR) is 66.4 cm³/mol. The van der Waals surface area contributed by atoms with Crippen molar-refractivity contribution < 1.29 is 5.11 Å². The molecule has 1 aromatic heterocycles. The van der Waals surface area contributed by atoms with Gasteiger partial charge in [0.1, 0.15) is 5.00 Å². The summed E-state index contributed by atoms with van der Waals surface area (Å²) in [4.78, 5) is 4.10. The second kappa shape index (κ2) is 4.96. The van der Waals surface area contributed by atoms with Crippen LogP contribution in [0.25, 0.3) is 0 Å². The van der Waals surface area contributed by atoms with Crippen molar-refractivity contribution in [2.45, 2.75) is 6.04 Å². The Morgan fingerprint density at radius 3 is 2.69 bits per heavy atom. The zero-order chi connectivity index (χ0) is 11.4. The van der Waals surface area contributed by atoms with Gasteiger partial charge in [-0.25, -0.2) is 4.98 Å². The van der Waals surface area contributed by atoms with Crippen molar-refractivity contribution in [3.63, 3.8) is 0 Å². The van der Waals surface area contributed by atoms with Crippen LogP contribution in [0.15, 0.2) is 36.5 Å². The second-order valence-corrected chi connectivity index (χ2v) is 4.42. The number of aliphatic hydroxyl groups is 1. The van der Waals surface area contributed by atoms with Crippen molar-refractivity contribution in [3.8, 4) is 0 Å². The zero-order valence-corrected chi connectivity index (χ0v) is 9.45. The zero-order valence-electron chi connectivity index (χ0n) is 8.63. The van der Waals surface area contributed by atoms with Crippen molar-refractivity contribution in [2.24, 2.45) is 0 Å². The number of rotatable bonds is 4. The van der Waals surface area contributed by atoms with Gasteiger partial charge >= 0.3 is 0 Å². The molecule has 4 N–H and O–H groups in total. The van der Waals surface area contributed by atoms with Crippen LogP contribution in [0.1, 0.15) is 11.6 Å². The third-order valence-electron chi connectivity index (χ3n) is 2.21. The quantitative estimate of drug-likeness (QED) is 0.756. The molecule has 2 aromatic rings. The molecule has 5 heteroatoms. The lowest BCUT2D eigenvalue weighted by molar-refractivity contribution is 0.276. The van der Waals surface area contributed by atoms with Gasteiger partial charge in [0.2, 0.25) is 0 Å². The molecule has 0 radical (unpaired) electrons. The first kappa shape index (κ1) is 10.9. The molecule has 1 aromatic carbocycles. The normalized spacial score (nSPS) is 12.3. The number of hydrogen-bond acceptors (Lipinski definition) is 5. The summed E-state index contributed by atoms with van der Waals surface area (Å²) in [7, 11) is 0. The number of thiazole rings is 1. The second-order valence-electron chi connectivity index (χ2n) is 3.36. The first-order valence-electron chi connectivity index (χ1n) is 4.93. The van der Waals surface area contributed by atoms with Gasteiger partial charge in [0, 0.05) is 0 Å². The van der Waals surface area contributed by atoms with Gasteiger partial charge in [0.25, 0.3) is 0 Å². The van der Waals surface area contributed by atoms with E-state index < -0.39 is 0 Å². The van der Waals surface area contributed by atoms with E-state index in [1.165, 1.54) is 11.3 Å². The lowest BCUT2D eigenvalue weighted by Gasteiger charge is -2.15. The topological polar surface area (TPSA) is 71.2 Å². The minimum atomic E-state index is -0.147. The summed E-state index contributed by atoms with van der Waals surface area (Å²) in [6.07, 6.45) is 1.60. The Hall–Kier alpha value is -1.59. The number of benzene rings is 1. The van der Waals surface area contributed by atoms with Gasteiger partial charge in [-0.1, -0.05) is 41.7 Å². The minimum absolute atomic E-state index is 0.0174. The first-order valence-corrected chi connectivity index (χ1v) is 5.75. The monoisotopic (exact) mass is 235 g/mol. The molecule has 0 aliphatic carbocycles. The van der Waals surface area contributed by atoms with E-state index in [1.807, 2.05) is 30.3 Å². The van der Waals surface area contributed by atoms with Gasteiger partial charge in [-0.05, 0) is 5.56 Å². The Labute approximate surface area is 97.8 Å². The maximum absolute atomic E-state index is 9.33. The Balaban J connectivity index is 2.12. The Morgan fingerprint density at radius 2 is 2.12 bits per heavy atom. The van der Waals surface area contributed by atoms with E-state index in [1.54, 1.807) is 6.20 Å². The van der Waals surface area contributed by atoms with Gasteiger partial charge in [0.05, 0.1) is 18.8 Å². The van der Waals surface area contributed by atoms with Crippen LogP contribution in [-0.4, -0.2) is 16.7 Å². The van der Waals surface area contributed by atoms with Gasteiger partial charge in [0.15, 0.2) is 5.13 Å². The van der Waals surface area contributed by atoms with E-state index >= 15 is 0 Å². The highest BCUT2D eigenvalue weighted by Crippen LogP contribution is 2.24. The standard InChI is InChI=1S/C11H13N3OS/c12-10-6-13-11(16-10)14-9(7-15)8-4-2-1-3-5-8/h1-6,9,15H,7,12H2,(H,13,14). The Bertz CT molecular complexity index is 444. The van der Waals surface area contributed by atoms with Crippen molar-refractivity contribution in [1.82, 2.24) is 4.98 Å². The van der Waals surface area contributed by atoms with E-state index in [4.69, 9.17) is 5.73 Å². The number of nitrogen functional groups attached to an aromatic ring is 1. The molecular weight excluding hydrogens is 222 g/mol. The van der Waals surface area contributed by atoms with Crippen LogP contribution in [0.4, 0.5) is 10.1 Å². The highest BCUT2D eigenvalue weighted by Gasteiger charge is 2.11. The molecule has 0 aliphatic heterocycles. The van der Waals surface area contributed by atoms with E-state index in [0.29, 0.717) is 5.00 Å². The molecule has 0 saturated heterocycles. The molecule has 0 fully saturated rings. The number of nitrogens with two attached hydrogens (primary N) is 1. The SMILES string of the molecule is Nc1cnc(NC(CO)c2ccccc2)s1. The van der Waals surface area contributed by atoms with Crippen LogP contribution < -0.4 is 11.1 Å². The molecule has 16 heavy (non-hydrogen) atoms. The summed E-state index contributed by atoms with van der Waals surface area (Å²) >= 11 is 1.37. The molecule has 0 saturated carbocycles. The van der Waals surface area contributed by atoms with E-state index in [2.05, 4.69) is 10.3 Å². The average molecular weight is 235 g/mol. The molecule has 1 unspecified atom stereocenters. The van der Waals surface area contributed by atoms with Crippen molar-refractivity contribution >= 4 is 21.5 Å². The van der Waals surface area contributed by atoms with Gasteiger partial charge in [-0.15, -0.1) is 0 Å².